The van der Waals surface area contributed by atoms with E-state index in [0.29, 0.717) is 5.56 Å². The molecule has 3 nitrogen and oxygen atoms in total. The lowest BCUT2D eigenvalue weighted by atomic mass is 10.1. The van der Waals surface area contributed by atoms with E-state index in [9.17, 15) is 4.79 Å². The summed E-state index contributed by atoms with van der Waals surface area (Å²) in [7, 11) is 0. The van der Waals surface area contributed by atoms with Gasteiger partial charge in [-0.1, -0.05) is 25.1 Å². The number of thiophene rings is 1. The van der Waals surface area contributed by atoms with E-state index >= 15 is 0 Å². The van der Waals surface area contributed by atoms with Crippen molar-refractivity contribution in [3.05, 3.63) is 35.2 Å². The van der Waals surface area contributed by atoms with Crippen LogP contribution in [0.15, 0.2) is 29.6 Å². The van der Waals surface area contributed by atoms with E-state index in [0.717, 1.165) is 16.5 Å². The number of aliphatic hydroxyl groups excluding tert-OH is 1. The first kappa shape index (κ1) is 12.1. The molecule has 1 heterocycles. The highest BCUT2D eigenvalue weighted by Crippen LogP contribution is 2.25. The first-order chi connectivity index (χ1) is 8.26. The number of amides is 1. The van der Waals surface area contributed by atoms with E-state index in [1.165, 1.54) is 0 Å². The average Bonchev–Trinajstić information content (AvgIpc) is 2.79. The number of carbonyl (C=O) groups is 1. The third-order valence-electron chi connectivity index (χ3n) is 2.77. The molecule has 0 aliphatic carbocycles. The molecular formula is C13H15NO2S. The molecule has 0 unspecified atom stereocenters. The van der Waals surface area contributed by atoms with Crippen molar-refractivity contribution in [1.29, 1.82) is 0 Å². The maximum atomic E-state index is 12.0. The van der Waals surface area contributed by atoms with Crippen molar-refractivity contribution < 1.29 is 9.90 Å². The van der Waals surface area contributed by atoms with Gasteiger partial charge in [-0.2, -0.15) is 0 Å². The summed E-state index contributed by atoms with van der Waals surface area (Å²) in [6, 6.07) is 7.67. The van der Waals surface area contributed by atoms with Crippen LogP contribution in [0.25, 0.3) is 10.1 Å². The fraction of sp³-hybridized carbons (Fsp3) is 0.308. The normalized spacial score (nSPS) is 12.6. The minimum absolute atomic E-state index is 0.0235. The molecule has 4 heteroatoms. The molecule has 1 aromatic heterocycles. The van der Waals surface area contributed by atoms with Crippen molar-refractivity contribution in [1.82, 2.24) is 5.32 Å². The van der Waals surface area contributed by atoms with Crippen molar-refractivity contribution in [2.75, 3.05) is 6.61 Å². The minimum atomic E-state index is -0.166. The third-order valence-corrected chi connectivity index (χ3v) is 3.74. The first-order valence-corrected chi connectivity index (χ1v) is 6.52. The Morgan fingerprint density at radius 1 is 1.47 bits per heavy atom. The first-order valence-electron chi connectivity index (χ1n) is 5.64. The number of rotatable bonds is 4. The molecule has 0 bridgehead atoms. The lowest BCUT2D eigenvalue weighted by Gasteiger charge is -2.13. The van der Waals surface area contributed by atoms with Crippen molar-refractivity contribution in [3.8, 4) is 0 Å². The zero-order valence-corrected chi connectivity index (χ0v) is 10.5. The van der Waals surface area contributed by atoms with Gasteiger partial charge in [-0.25, -0.2) is 0 Å². The van der Waals surface area contributed by atoms with Gasteiger partial charge in [0.1, 0.15) is 0 Å². The van der Waals surface area contributed by atoms with Crippen LogP contribution in [0.5, 0.6) is 0 Å². The Morgan fingerprint density at radius 2 is 2.24 bits per heavy atom. The van der Waals surface area contributed by atoms with Gasteiger partial charge in [0, 0.05) is 15.5 Å². The Hall–Kier alpha value is -1.39. The molecule has 17 heavy (non-hydrogen) atoms. The fourth-order valence-electron chi connectivity index (χ4n) is 1.69. The molecule has 0 fully saturated rings. The molecule has 2 rings (SSSR count). The summed E-state index contributed by atoms with van der Waals surface area (Å²) >= 11 is 1.56. The topological polar surface area (TPSA) is 49.3 Å². The zero-order valence-electron chi connectivity index (χ0n) is 9.64. The van der Waals surface area contributed by atoms with Gasteiger partial charge in [-0.3, -0.25) is 4.79 Å². The summed E-state index contributed by atoms with van der Waals surface area (Å²) in [5.74, 6) is -0.108. The summed E-state index contributed by atoms with van der Waals surface area (Å²) in [4.78, 5) is 12.0. The van der Waals surface area contributed by atoms with E-state index in [4.69, 9.17) is 5.11 Å². The van der Waals surface area contributed by atoms with Crippen LogP contribution < -0.4 is 5.32 Å². The number of fused-ring (bicyclic) bond motifs is 1. The van der Waals surface area contributed by atoms with Crippen molar-refractivity contribution in [3.63, 3.8) is 0 Å². The Kier molecular flexibility index (Phi) is 3.76. The van der Waals surface area contributed by atoms with Gasteiger partial charge in [0.15, 0.2) is 0 Å². The summed E-state index contributed by atoms with van der Waals surface area (Å²) in [5, 5.41) is 14.7. The Bertz CT molecular complexity index is 517. The van der Waals surface area contributed by atoms with Gasteiger partial charge in [0.05, 0.1) is 18.2 Å². The van der Waals surface area contributed by atoms with Gasteiger partial charge < -0.3 is 10.4 Å². The van der Waals surface area contributed by atoms with E-state index in [2.05, 4.69) is 5.32 Å². The van der Waals surface area contributed by atoms with E-state index in [-0.39, 0.29) is 18.6 Å². The second-order valence-corrected chi connectivity index (χ2v) is 4.82. The standard InChI is InChI=1S/C13H15NO2S/c1-2-9(7-15)14-13(16)11-8-17-12-6-4-3-5-10(11)12/h3-6,8-9,15H,2,7H2,1H3,(H,14,16)/t9-/m1/s1. The van der Waals surface area contributed by atoms with Gasteiger partial charge in [-0.15, -0.1) is 11.3 Å². The largest absolute Gasteiger partial charge is 0.394 e. The van der Waals surface area contributed by atoms with Gasteiger partial charge >= 0.3 is 0 Å². The smallest absolute Gasteiger partial charge is 0.253 e. The SMILES string of the molecule is CC[C@H](CO)NC(=O)c1csc2ccccc12. The lowest BCUT2D eigenvalue weighted by molar-refractivity contribution is 0.0917. The van der Waals surface area contributed by atoms with Crippen LogP contribution in [0, 0.1) is 0 Å². The summed E-state index contributed by atoms with van der Waals surface area (Å²) < 4.78 is 1.11. The van der Waals surface area contributed by atoms with Crippen LogP contribution in [0.4, 0.5) is 0 Å². The number of hydrogen-bond donors (Lipinski definition) is 2. The quantitative estimate of drug-likeness (QED) is 0.874. The molecule has 0 aliphatic heterocycles. The molecular weight excluding hydrogens is 234 g/mol. The van der Waals surface area contributed by atoms with Crippen molar-refractivity contribution >= 4 is 27.3 Å². The Labute approximate surface area is 104 Å². The van der Waals surface area contributed by atoms with E-state index in [1.54, 1.807) is 11.3 Å². The number of carbonyl (C=O) groups excluding carboxylic acids is 1. The minimum Gasteiger partial charge on any atom is -0.394 e. The highest BCUT2D eigenvalue weighted by Gasteiger charge is 2.14. The molecule has 0 radical (unpaired) electrons. The number of benzene rings is 1. The second kappa shape index (κ2) is 5.29. The summed E-state index contributed by atoms with van der Waals surface area (Å²) in [6.45, 7) is 1.91. The Morgan fingerprint density at radius 3 is 2.94 bits per heavy atom. The van der Waals surface area contributed by atoms with Crippen LogP contribution in [0.2, 0.25) is 0 Å². The predicted octanol–water partition coefficient (Wildman–Crippen LogP) is 2.40. The van der Waals surface area contributed by atoms with Crippen LogP contribution in [-0.2, 0) is 0 Å². The highest BCUT2D eigenvalue weighted by molar-refractivity contribution is 7.17. The molecule has 0 saturated heterocycles. The monoisotopic (exact) mass is 249 g/mol. The number of aliphatic hydroxyl groups is 1. The molecule has 0 saturated carbocycles. The van der Waals surface area contributed by atoms with Crippen LogP contribution in [-0.4, -0.2) is 23.7 Å². The number of hydrogen-bond acceptors (Lipinski definition) is 3. The van der Waals surface area contributed by atoms with Gasteiger partial charge in [-0.05, 0) is 12.5 Å². The molecule has 2 aromatic rings. The van der Waals surface area contributed by atoms with Crippen molar-refractivity contribution in [2.45, 2.75) is 19.4 Å². The second-order valence-electron chi connectivity index (χ2n) is 3.91. The average molecular weight is 249 g/mol. The third kappa shape index (κ3) is 2.48. The zero-order chi connectivity index (χ0) is 12.3. The molecule has 0 spiro atoms. The van der Waals surface area contributed by atoms with Crippen LogP contribution in [0.3, 0.4) is 0 Å². The maximum Gasteiger partial charge on any atom is 0.253 e. The molecule has 1 atom stereocenters. The molecule has 1 aromatic carbocycles. The number of nitrogens with one attached hydrogen (secondary N) is 1. The van der Waals surface area contributed by atoms with E-state index in [1.807, 2.05) is 36.6 Å². The molecule has 90 valence electrons. The fourth-order valence-corrected chi connectivity index (χ4v) is 2.63. The molecule has 2 N–H and O–H groups in total. The Balaban J connectivity index is 2.25. The van der Waals surface area contributed by atoms with E-state index < -0.39 is 0 Å². The molecule has 1 amide bonds. The van der Waals surface area contributed by atoms with Gasteiger partial charge in [0.2, 0.25) is 0 Å². The summed E-state index contributed by atoms with van der Waals surface area (Å²) in [6.07, 6.45) is 0.726. The predicted molar refractivity (Wildman–Crippen MR) is 70.5 cm³/mol. The van der Waals surface area contributed by atoms with Crippen LogP contribution >= 0.6 is 11.3 Å². The van der Waals surface area contributed by atoms with Crippen molar-refractivity contribution in [2.24, 2.45) is 0 Å². The maximum absolute atomic E-state index is 12.0. The molecule has 0 aliphatic rings. The lowest BCUT2D eigenvalue weighted by Crippen LogP contribution is -2.36. The highest BCUT2D eigenvalue weighted by atomic mass is 32.1. The van der Waals surface area contributed by atoms with Crippen LogP contribution in [0.1, 0.15) is 23.7 Å². The van der Waals surface area contributed by atoms with Gasteiger partial charge in [0.25, 0.3) is 5.91 Å². The summed E-state index contributed by atoms with van der Waals surface area (Å²) in [5.41, 5.74) is 0.692.